The van der Waals surface area contributed by atoms with Crippen molar-refractivity contribution in [3.8, 4) is 11.8 Å². The second kappa shape index (κ2) is 17.7. The number of aliphatic hydroxyl groups excluding tert-OH is 2. The zero-order valence-electron chi connectivity index (χ0n) is 26.8. The first-order valence-corrected chi connectivity index (χ1v) is 17.3. The van der Waals surface area contributed by atoms with Crippen LogP contribution in [0.15, 0.2) is 0 Å². The summed E-state index contributed by atoms with van der Waals surface area (Å²) in [5.41, 5.74) is 0. The van der Waals surface area contributed by atoms with Crippen LogP contribution in [0.5, 0.6) is 0 Å². The number of rotatable bonds is 12. The fourth-order valence-corrected chi connectivity index (χ4v) is 7.92. The molecule has 6 atom stereocenters. The van der Waals surface area contributed by atoms with Gasteiger partial charge in [0.05, 0.1) is 19.3 Å². The molecule has 0 radical (unpaired) electrons. The van der Waals surface area contributed by atoms with E-state index in [4.69, 9.17) is 4.84 Å². The summed E-state index contributed by atoms with van der Waals surface area (Å²) in [5.74, 6) is 6.81. The molecule has 2 amide bonds. The van der Waals surface area contributed by atoms with Gasteiger partial charge in [-0.3, -0.25) is 14.4 Å². The molecule has 4 fully saturated rings. The summed E-state index contributed by atoms with van der Waals surface area (Å²) >= 11 is 0. The second-order valence-electron chi connectivity index (χ2n) is 13.7. The average Bonchev–Trinajstić information content (AvgIpc) is 3.40. The summed E-state index contributed by atoms with van der Waals surface area (Å²) in [6.07, 6.45) is 15.5. The van der Waals surface area contributed by atoms with E-state index >= 15 is 0 Å². The summed E-state index contributed by atoms with van der Waals surface area (Å²) in [6.45, 7) is 3.93. The number of nitrogens with zero attached hydrogens (tertiary/aromatic N) is 2. The van der Waals surface area contributed by atoms with Crippen LogP contribution in [0.4, 0.5) is 0 Å². The molecule has 4 N–H and O–H groups in total. The number of hydroxylamine groups is 2. The Hall–Kier alpha value is -1.70. The Morgan fingerprint density at radius 1 is 0.977 bits per heavy atom. The molecule has 0 bridgehead atoms. The van der Waals surface area contributed by atoms with Crippen LogP contribution < -0.4 is 10.6 Å². The van der Waals surface area contributed by atoms with Crippen molar-refractivity contribution in [2.75, 3.05) is 39.8 Å². The molecule has 4 rings (SSSR count). The van der Waals surface area contributed by atoms with Gasteiger partial charge in [-0.25, -0.2) is 0 Å². The Morgan fingerprint density at radius 2 is 1.70 bits per heavy atom. The first-order chi connectivity index (χ1) is 20.9. The molecule has 0 spiro atoms. The first kappa shape index (κ1) is 34.2. The molecule has 0 aromatic rings. The summed E-state index contributed by atoms with van der Waals surface area (Å²) in [4.78, 5) is 34.5. The van der Waals surface area contributed by atoms with Crippen molar-refractivity contribution in [1.82, 2.24) is 20.6 Å². The molecule has 244 valence electrons. The second-order valence-corrected chi connectivity index (χ2v) is 13.7. The van der Waals surface area contributed by atoms with Crippen molar-refractivity contribution >= 4 is 11.8 Å². The quantitative estimate of drug-likeness (QED) is 0.200. The van der Waals surface area contributed by atoms with Crippen LogP contribution >= 0.6 is 0 Å². The summed E-state index contributed by atoms with van der Waals surface area (Å²) in [5, 5.41) is 28.5. The van der Waals surface area contributed by atoms with E-state index in [1.807, 2.05) is 0 Å². The van der Waals surface area contributed by atoms with E-state index in [9.17, 15) is 19.8 Å². The van der Waals surface area contributed by atoms with E-state index in [0.717, 1.165) is 64.3 Å². The van der Waals surface area contributed by atoms with Crippen LogP contribution in [0.2, 0.25) is 0 Å². The largest absolute Gasteiger partial charge is 0.394 e. The predicted octanol–water partition coefficient (Wildman–Crippen LogP) is 3.24. The predicted molar refractivity (Wildman–Crippen MR) is 168 cm³/mol. The van der Waals surface area contributed by atoms with Gasteiger partial charge in [0, 0.05) is 36.9 Å². The zero-order valence-corrected chi connectivity index (χ0v) is 26.8. The van der Waals surface area contributed by atoms with Crippen LogP contribution in [0.3, 0.4) is 0 Å². The molecule has 3 aliphatic carbocycles. The van der Waals surface area contributed by atoms with Gasteiger partial charge < -0.3 is 25.7 Å². The molecule has 0 aromatic heterocycles. The van der Waals surface area contributed by atoms with Gasteiger partial charge in [0.1, 0.15) is 12.1 Å². The molecule has 3 saturated carbocycles. The molecule has 1 saturated heterocycles. The topological polar surface area (TPSA) is 114 Å². The maximum Gasteiger partial charge on any atom is 0.240 e. The molecule has 4 aliphatic rings. The van der Waals surface area contributed by atoms with Gasteiger partial charge in [0.15, 0.2) is 0 Å². The minimum Gasteiger partial charge on any atom is -0.394 e. The van der Waals surface area contributed by atoms with Crippen LogP contribution in [-0.4, -0.2) is 96.1 Å². The molecule has 0 aromatic carbocycles. The number of hydrogen-bond acceptors (Lipinski definition) is 7. The van der Waals surface area contributed by atoms with Crippen molar-refractivity contribution in [1.29, 1.82) is 0 Å². The van der Waals surface area contributed by atoms with Gasteiger partial charge >= 0.3 is 0 Å². The lowest BCUT2D eigenvalue weighted by molar-refractivity contribution is -0.183. The molecule has 1 heterocycles. The van der Waals surface area contributed by atoms with E-state index in [-0.39, 0.29) is 30.3 Å². The SMILES string of the molecule is C[C@@H](O)[C@H]1[C@@H](CO)ON(CC2CCCC(C#CCNC(=O)C3CCCCC3)C2)[C@H]1C(=O)NCCCN(C)C1CCCCC1. The van der Waals surface area contributed by atoms with Gasteiger partial charge in [0.25, 0.3) is 0 Å². The molecule has 43 heavy (non-hydrogen) atoms. The van der Waals surface area contributed by atoms with Crippen LogP contribution in [0, 0.1) is 35.5 Å². The molecule has 2 unspecified atom stereocenters. The molecular weight excluding hydrogens is 544 g/mol. The van der Waals surface area contributed by atoms with Gasteiger partial charge in [-0.1, -0.05) is 56.8 Å². The molecular formula is C34H58N4O5. The van der Waals surface area contributed by atoms with Crippen molar-refractivity contribution in [3.63, 3.8) is 0 Å². The number of aliphatic hydroxyl groups is 2. The maximum absolute atomic E-state index is 13.5. The fraction of sp³-hybridized carbons (Fsp3) is 0.882. The number of amides is 2. The minimum absolute atomic E-state index is 0.136. The lowest BCUT2D eigenvalue weighted by atomic mass is 9.81. The fourth-order valence-electron chi connectivity index (χ4n) is 7.92. The highest BCUT2D eigenvalue weighted by Crippen LogP contribution is 2.35. The Kier molecular flexibility index (Phi) is 14.1. The third-order valence-corrected chi connectivity index (χ3v) is 10.4. The monoisotopic (exact) mass is 602 g/mol. The van der Waals surface area contributed by atoms with Crippen molar-refractivity contribution in [2.24, 2.45) is 23.7 Å². The summed E-state index contributed by atoms with van der Waals surface area (Å²) < 4.78 is 0. The smallest absolute Gasteiger partial charge is 0.240 e. The van der Waals surface area contributed by atoms with E-state index in [2.05, 4.69) is 34.4 Å². The first-order valence-electron chi connectivity index (χ1n) is 17.3. The Balaban J connectivity index is 1.27. The molecule has 1 aliphatic heterocycles. The number of carbonyl (C=O) groups is 2. The van der Waals surface area contributed by atoms with Gasteiger partial charge in [0.2, 0.25) is 11.8 Å². The minimum atomic E-state index is -0.788. The lowest BCUT2D eigenvalue weighted by Gasteiger charge is -2.32. The zero-order chi connectivity index (χ0) is 30.6. The van der Waals surface area contributed by atoms with E-state index in [0.29, 0.717) is 31.6 Å². The van der Waals surface area contributed by atoms with Crippen LogP contribution in [0.25, 0.3) is 0 Å². The van der Waals surface area contributed by atoms with Crippen molar-refractivity contribution in [3.05, 3.63) is 0 Å². The maximum atomic E-state index is 13.5. The van der Waals surface area contributed by atoms with Crippen LogP contribution in [-0.2, 0) is 14.4 Å². The molecule has 9 nitrogen and oxygen atoms in total. The van der Waals surface area contributed by atoms with Crippen molar-refractivity contribution in [2.45, 2.75) is 128 Å². The third kappa shape index (κ3) is 10.2. The average molecular weight is 603 g/mol. The highest BCUT2D eigenvalue weighted by Gasteiger charge is 2.49. The van der Waals surface area contributed by atoms with Crippen molar-refractivity contribution < 1.29 is 24.6 Å². The number of carbonyl (C=O) groups excluding carboxylic acids is 2. The normalized spacial score (nSPS) is 30.0. The van der Waals surface area contributed by atoms with E-state index in [1.165, 1.54) is 38.5 Å². The van der Waals surface area contributed by atoms with E-state index in [1.54, 1.807) is 12.0 Å². The standard InChI is InChI=1S/C34H58N4O5/c1-25(40)31-30(24-39)43-38(32(31)34(42)36-20-11-21-37(2)29-17-7-4-8-18-29)23-27-13-9-12-26(22-27)14-10-19-35-33(41)28-15-5-3-6-16-28/h25-32,39-40H,3-9,11-13,15-24H2,1-2H3,(H,35,41)(H,36,42)/t25-,26?,27?,30-,31+,32-/m1/s1. The highest BCUT2D eigenvalue weighted by molar-refractivity contribution is 5.82. The van der Waals surface area contributed by atoms with E-state index < -0.39 is 24.2 Å². The van der Waals surface area contributed by atoms with Crippen LogP contribution in [0.1, 0.15) is 103 Å². The number of nitrogens with one attached hydrogen (secondary N) is 2. The van der Waals surface area contributed by atoms with Gasteiger partial charge in [-0.05, 0) is 77.8 Å². The molecule has 9 heteroatoms. The Morgan fingerprint density at radius 3 is 2.40 bits per heavy atom. The lowest BCUT2D eigenvalue weighted by Crippen LogP contribution is -2.50. The number of hydrogen-bond donors (Lipinski definition) is 4. The summed E-state index contributed by atoms with van der Waals surface area (Å²) in [7, 11) is 2.19. The Bertz CT molecular complexity index is 923. The highest BCUT2D eigenvalue weighted by atomic mass is 16.7. The van der Waals surface area contributed by atoms with Gasteiger partial charge in [-0.2, -0.15) is 5.06 Å². The summed E-state index contributed by atoms with van der Waals surface area (Å²) in [6, 6.07) is 0.00658. The third-order valence-electron chi connectivity index (χ3n) is 10.4. The van der Waals surface area contributed by atoms with Gasteiger partial charge in [-0.15, -0.1) is 0 Å². The Labute approximate surface area is 259 Å².